The normalized spacial score (nSPS) is 12.6. The lowest BCUT2D eigenvalue weighted by molar-refractivity contribution is 0.296. The van der Waals surface area contributed by atoms with Crippen LogP contribution < -0.4 is 10.5 Å². The molecule has 0 radical (unpaired) electrons. The van der Waals surface area contributed by atoms with Crippen LogP contribution in [0.1, 0.15) is 6.92 Å². The summed E-state index contributed by atoms with van der Waals surface area (Å²) in [7, 11) is 0. The minimum Gasteiger partial charge on any atom is -0.490 e. The second kappa shape index (κ2) is 4.70. The van der Waals surface area contributed by atoms with Crippen LogP contribution in [0.4, 0.5) is 0 Å². The number of hydrogen-bond donors (Lipinski definition) is 1. The summed E-state index contributed by atoms with van der Waals surface area (Å²) in [5.41, 5.74) is 5.53. The maximum atomic E-state index is 5.86. The predicted molar refractivity (Wildman–Crippen MR) is 55.6 cm³/mol. The highest BCUT2D eigenvalue weighted by Gasteiger charge is 2.03. The molecule has 0 heterocycles. The Bertz CT molecular complexity index is 289. The number of ether oxygens (including phenoxy) is 1. The Balaban J connectivity index is 2.70. The Hall–Kier alpha value is -0.440. The highest BCUT2D eigenvalue weighted by molar-refractivity contribution is 6.34. The van der Waals surface area contributed by atoms with Gasteiger partial charge in [0.1, 0.15) is 12.4 Å². The summed E-state index contributed by atoms with van der Waals surface area (Å²) < 4.78 is 5.34. The Morgan fingerprint density at radius 3 is 2.77 bits per heavy atom. The van der Waals surface area contributed by atoms with Crippen LogP contribution in [0.5, 0.6) is 5.75 Å². The molecule has 0 aliphatic carbocycles. The lowest BCUT2D eigenvalue weighted by Crippen LogP contribution is -2.23. The first-order valence-corrected chi connectivity index (χ1v) is 4.68. The quantitative estimate of drug-likeness (QED) is 0.849. The van der Waals surface area contributed by atoms with E-state index in [1.165, 1.54) is 0 Å². The standard InChI is InChI=1S/C9H11Cl2NO/c1-6(12)5-13-9-4-7(10)2-3-8(9)11/h2-4,6H,5,12H2,1H3/t6-/m1/s1. The van der Waals surface area contributed by atoms with Gasteiger partial charge in [-0.25, -0.2) is 0 Å². The van der Waals surface area contributed by atoms with Crippen molar-refractivity contribution in [2.45, 2.75) is 13.0 Å². The molecular formula is C9H11Cl2NO. The SMILES string of the molecule is C[C@@H](N)COc1cc(Cl)ccc1Cl. The molecule has 0 aromatic heterocycles. The summed E-state index contributed by atoms with van der Waals surface area (Å²) in [5.74, 6) is 0.575. The lowest BCUT2D eigenvalue weighted by Gasteiger charge is -2.10. The van der Waals surface area contributed by atoms with Crippen LogP contribution in [0, 0.1) is 0 Å². The van der Waals surface area contributed by atoms with Crippen LogP contribution in [0.2, 0.25) is 10.0 Å². The molecule has 1 aromatic carbocycles. The molecular weight excluding hydrogens is 209 g/mol. The predicted octanol–water partition coefficient (Wildman–Crippen LogP) is 2.72. The van der Waals surface area contributed by atoms with E-state index in [4.69, 9.17) is 33.7 Å². The van der Waals surface area contributed by atoms with Crippen molar-refractivity contribution in [3.63, 3.8) is 0 Å². The molecule has 0 saturated carbocycles. The summed E-state index contributed by atoms with van der Waals surface area (Å²) in [4.78, 5) is 0. The fourth-order valence-corrected chi connectivity index (χ4v) is 1.14. The number of nitrogens with two attached hydrogens (primary N) is 1. The molecule has 1 rings (SSSR count). The third-order valence-corrected chi connectivity index (χ3v) is 1.94. The molecule has 0 fully saturated rings. The van der Waals surface area contributed by atoms with Crippen LogP contribution in [0.25, 0.3) is 0 Å². The van der Waals surface area contributed by atoms with E-state index in [9.17, 15) is 0 Å². The average molecular weight is 220 g/mol. The van der Waals surface area contributed by atoms with Crippen LogP contribution >= 0.6 is 23.2 Å². The molecule has 0 spiro atoms. The van der Waals surface area contributed by atoms with E-state index in [0.717, 1.165) is 0 Å². The number of hydrogen-bond acceptors (Lipinski definition) is 2. The van der Waals surface area contributed by atoms with Crippen molar-refractivity contribution in [2.24, 2.45) is 5.73 Å². The fraction of sp³-hybridized carbons (Fsp3) is 0.333. The molecule has 0 aliphatic heterocycles. The molecule has 0 unspecified atom stereocenters. The average Bonchev–Trinajstić information content (AvgIpc) is 2.06. The van der Waals surface area contributed by atoms with Gasteiger partial charge in [0.25, 0.3) is 0 Å². The van der Waals surface area contributed by atoms with Crippen molar-refractivity contribution in [2.75, 3.05) is 6.61 Å². The third-order valence-electron chi connectivity index (χ3n) is 1.39. The summed E-state index contributed by atoms with van der Waals surface area (Å²) in [5, 5.41) is 1.15. The number of rotatable bonds is 3. The Kier molecular flexibility index (Phi) is 3.85. The van der Waals surface area contributed by atoms with Gasteiger partial charge in [0.15, 0.2) is 0 Å². The van der Waals surface area contributed by atoms with Crippen molar-refractivity contribution >= 4 is 23.2 Å². The van der Waals surface area contributed by atoms with Gasteiger partial charge in [-0.2, -0.15) is 0 Å². The van der Waals surface area contributed by atoms with Crippen LogP contribution in [0.15, 0.2) is 18.2 Å². The third kappa shape index (κ3) is 3.43. The Morgan fingerprint density at radius 1 is 1.46 bits per heavy atom. The van der Waals surface area contributed by atoms with E-state index < -0.39 is 0 Å². The van der Waals surface area contributed by atoms with Crippen LogP contribution in [-0.4, -0.2) is 12.6 Å². The van der Waals surface area contributed by atoms with Crippen molar-refractivity contribution < 1.29 is 4.74 Å². The summed E-state index contributed by atoms with van der Waals surface area (Å²) in [6.07, 6.45) is 0. The number of halogens is 2. The summed E-state index contributed by atoms with van der Waals surface area (Å²) in [6.45, 7) is 2.29. The van der Waals surface area contributed by atoms with Gasteiger partial charge in [-0.05, 0) is 19.1 Å². The lowest BCUT2D eigenvalue weighted by atomic mass is 10.3. The zero-order chi connectivity index (χ0) is 9.84. The molecule has 0 saturated heterocycles. The Morgan fingerprint density at radius 2 is 2.15 bits per heavy atom. The van der Waals surface area contributed by atoms with E-state index in [0.29, 0.717) is 22.4 Å². The molecule has 0 bridgehead atoms. The monoisotopic (exact) mass is 219 g/mol. The minimum atomic E-state index is -0.0185. The van der Waals surface area contributed by atoms with Gasteiger partial charge < -0.3 is 10.5 Å². The van der Waals surface area contributed by atoms with Gasteiger partial charge in [-0.1, -0.05) is 23.2 Å². The zero-order valence-corrected chi connectivity index (χ0v) is 8.77. The van der Waals surface area contributed by atoms with E-state index in [-0.39, 0.29) is 6.04 Å². The maximum Gasteiger partial charge on any atom is 0.139 e. The molecule has 2 N–H and O–H groups in total. The van der Waals surface area contributed by atoms with Crippen molar-refractivity contribution in [3.05, 3.63) is 28.2 Å². The molecule has 1 aromatic rings. The largest absolute Gasteiger partial charge is 0.490 e. The van der Waals surface area contributed by atoms with Gasteiger partial charge in [-0.3, -0.25) is 0 Å². The smallest absolute Gasteiger partial charge is 0.139 e. The topological polar surface area (TPSA) is 35.2 Å². The van der Waals surface area contributed by atoms with Gasteiger partial charge in [-0.15, -0.1) is 0 Å². The van der Waals surface area contributed by atoms with Gasteiger partial charge in [0, 0.05) is 17.1 Å². The summed E-state index contributed by atoms with van der Waals surface area (Å²) in [6, 6.07) is 5.06. The van der Waals surface area contributed by atoms with Crippen LogP contribution in [0.3, 0.4) is 0 Å². The minimum absolute atomic E-state index is 0.0185. The van der Waals surface area contributed by atoms with Crippen LogP contribution in [-0.2, 0) is 0 Å². The van der Waals surface area contributed by atoms with Gasteiger partial charge in [0.05, 0.1) is 5.02 Å². The molecule has 2 nitrogen and oxygen atoms in total. The van der Waals surface area contributed by atoms with Crippen molar-refractivity contribution in [1.82, 2.24) is 0 Å². The zero-order valence-electron chi connectivity index (χ0n) is 7.26. The van der Waals surface area contributed by atoms with Crippen molar-refractivity contribution in [3.8, 4) is 5.75 Å². The molecule has 4 heteroatoms. The molecule has 0 aliphatic rings. The first kappa shape index (κ1) is 10.6. The van der Waals surface area contributed by atoms with Crippen molar-refractivity contribution in [1.29, 1.82) is 0 Å². The van der Waals surface area contributed by atoms with E-state index in [2.05, 4.69) is 0 Å². The highest BCUT2D eigenvalue weighted by atomic mass is 35.5. The van der Waals surface area contributed by atoms with Gasteiger partial charge in [0.2, 0.25) is 0 Å². The second-order valence-corrected chi connectivity index (χ2v) is 3.71. The molecule has 1 atom stereocenters. The first-order valence-electron chi connectivity index (χ1n) is 3.93. The maximum absolute atomic E-state index is 5.86. The Labute approximate surface area is 87.6 Å². The first-order chi connectivity index (χ1) is 6.09. The fourth-order valence-electron chi connectivity index (χ4n) is 0.809. The molecule has 0 amide bonds. The van der Waals surface area contributed by atoms with E-state index in [1.54, 1.807) is 18.2 Å². The molecule has 13 heavy (non-hydrogen) atoms. The second-order valence-electron chi connectivity index (χ2n) is 2.86. The number of benzene rings is 1. The highest BCUT2D eigenvalue weighted by Crippen LogP contribution is 2.27. The summed E-state index contributed by atoms with van der Waals surface area (Å²) >= 11 is 11.6. The van der Waals surface area contributed by atoms with E-state index >= 15 is 0 Å². The van der Waals surface area contributed by atoms with E-state index in [1.807, 2.05) is 6.92 Å². The van der Waals surface area contributed by atoms with Gasteiger partial charge >= 0.3 is 0 Å². The molecule has 72 valence electrons.